The molecule has 0 aliphatic heterocycles. The molecule has 0 aromatic carbocycles. The van der Waals surface area contributed by atoms with Gasteiger partial charge in [0.2, 0.25) is 5.91 Å². The Hall–Kier alpha value is -0.660. The highest BCUT2D eigenvalue weighted by molar-refractivity contribution is 7.85. The van der Waals surface area contributed by atoms with E-state index in [4.69, 9.17) is 4.55 Å². The molecule has 0 unspecified atom stereocenters. The van der Waals surface area contributed by atoms with Crippen molar-refractivity contribution < 1.29 is 22.2 Å². The van der Waals surface area contributed by atoms with Crippen LogP contribution in [-0.2, 0) is 14.9 Å². The van der Waals surface area contributed by atoms with Crippen LogP contribution in [-0.4, -0.2) is 60.8 Å². The van der Waals surface area contributed by atoms with E-state index in [2.05, 4.69) is 19.2 Å². The average molecular weight is 323 g/mol. The van der Waals surface area contributed by atoms with Gasteiger partial charge in [-0.1, -0.05) is 0 Å². The van der Waals surface area contributed by atoms with Gasteiger partial charge in [0.1, 0.15) is 0 Å². The van der Waals surface area contributed by atoms with E-state index in [1.54, 1.807) is 0 Å². The van der Waals surface area contributed by atoms with Gasteiger partial charge in [-0.3, -0.25) is 9.35 Å². The maximum atomic E-state index is 11.3. The fourth-order valence-corrected chi connectivity index (χ4v) is 3.26. The second kappa shape index (κ2) is 6.62. The smallest absolute Gasteiger partial charge is 0.265 e. The van der Waals surface area contributed by atoms with Crippen LogP contribution in [0.4, 0.5) is 0 Å². The summed E-state index contributed by atoms with van der Waals surface area (Å²) in [6.45, 7) is 10.3. The van der Waals surface area contributed by atoms with Crippen molar-refractivity contribution in [3.63, 3.8) is 0 Å². The molecule has 2 N–H and O–H groups in total. The molecule has 0 saturated carbocycles. The second-order valence-corrected chi connectivity index (χ2v) is 9.17. The van der Waals surface area contributed by atoms with E-state index in [0.717, 1.165) is 6.42 Å². The normalized spacial score (nSPS) is 14.1. The fourth-order valence-electron chi connectivity index (χ4n) is 2.76. The molecule has 6 nitrogen and oxygen atoms in total. The van der Waals surface area contributed by atoms with Gasteiger partial charge in [-0.2, -0.15) is 8.42 Å². The van der Waals surface area contributed by atoms with Crippen LogP contribution in [0.2, 0.25) is 0 Å². The minimum atomic E-state index is -3.91. The standard InChI is InChI=1S/C14H30N2O4S/c1-12(17)15-13(2,3)11-14(4,5)16(6,7)9-8-10-21(18,19)20/h8-11H2,1-7H3,(H-,15,17,18,19,20)/p+1. The van der Waals surface area contributed by atoms with E-state index in [1.165, 1.54) is 6.92 Å². The van der Waals surface area contributed by atoms with Crippen molar-refractivity contribution in [2.75, 3.05) is 26.4 Å². The molecular formula is C14H31N2O4S+. The van der Waals surface area contributed by atoms with E-state index in [0.29, 0.717) is 17.4 Å². The summed E-state index contributed by atoms with van der Waals surface area (Å²) in [7, 11) is 0.161. The number of amides is 1. The lowest BCUT2D eigenvalue weighted by molar-refractivity contribution is -0.938. The molecule has 0 spiro atoms. The summed E-state index contributed by atoms with van der Waals surface area (Å²) < 4.78 is 31.1. The van der Waals surface area contributed by atoms with E-state index >= 15 is 0 Å². The minimum Gasteiger partial charge on any atom is -0.351 e. The highest BCUT2D eigenvalue weighted by atomic mass is 32.2. The summed E-state index contributed by atoms with van der Waals surface area (Å²) in [4.78, 5) is 11.3. The molecule has 0 aromatic rings. The molecule has 0 fully saturated rings. The Morgan fingerprint density at radius 3 is 2.05 bits per heavy atom. The molecule has 126 valence electrons. The summed E-state index contributed by atoms with van der Waals surface area (Å²) in [5.41, 5.74) is -0.501. The number of hydrogen-bond acceptors (Lipinski definition) is 3. The quantitative estimate of drug-likeness (QED) is 0.523. The lowest BCUT2D eigenvalue weighted by Gasteiger charge is -2.48. The van der Waals surface area contributed by atoms with Crippen LogP contribution in [0.15, 0.2) is 0 Å². The number of quaternary nitrogens is 1. The van der Waals surface area contributed by atoms with Crippen LogP contribution in [0.3, 0.4) is 0 Å². The van der Waals surface area contributed by atoms with Gasteiger partial charge in [-0.05, 0) is 27.7 Å². The predicted octanol–water partition coefficient (Wildman–Crippen LogP) is 1.42. The minimum absolute atomic E-state index is 0.0625. The van der Waals surface area contributed by atoms with Crippen LogP contribution in [0.5, 0.6) is 0 Å². The molecule has 0 atom stereocenters. The maximum absolute atomic E-state index is 11.3. The van der Waals surface area contributed by atoms with Crippen molar-refractivity contribution in [1.82, 2.24) is 5.32 Å². The molecule has 0 aliphatic carbocycles. The first-order chi connectivity index (χ1) is 9.08. The Morgan fingerprint density at radius 2 is 1.67 bits per heavy atom. The average Bonchev–Trinajstić information content (AvgIpc) is 2.09. The number of hydrogen-bond donors (Lipinski definition) is 2. The third-order valence-corrected chi connectivity index (χ3v) is 4.95. The van der Waals surface area contributed by atoms with Crippen LogP contribution in [0.25, 0.3) is 0 Å². The van der Waals surface area contributed by atoms with Gasteiger partial charge in [0.25, 0.3) is 10.1 Å². The highest BCUT2D eigenvalue weighted by Gasteiger charge is 2.41. The maximum Gasteiger partial charge on any atom is 0.265 e. The van der Waals surface area contributed by atoms with E-state index < -0.39 is 10.1 Å². The first kappa shape index (κ1) is 20.3. The van der Waals surface area contributed by atoms with Gasteiger partial charge in [0, 0.05) is 25.3 Å². The van der Waals surface area contributed by atoms with Crippen LogP contribution < -0.4 is 5.32 Å². The molecule has 7 heteroatoms. The molecule has 0 aliphatic rings. The lowest BCUT2D eigenvalue weighted by Crippen LogP contribution is -2.61. The van der Waals surface area contributed by atoms with Crippen molar-refractivity contribution in [3.8, 4) is 0 Å². The SMILES string of the molecule is CC(=O)NC(C)(C)CC(C)(C)[N+](C)(C)CCCS(=O)(=O)O. The van der Waals surface area contributed by atoms with Crippen molar-refractivity contribution in [1.29, 1.82) is 0 Å². The van der Waals surface area contributed by atoms with Crippen LogP contribution in [0.1, 0.15) is 47.5 Å². The van der Waals surface area contributed by atoms with E-state index in [1.807, 2.05) is 27.9 Å². The lowest BCUT2D eigenvalue weighted by atomic mass is 9.84. The Morgan fingerprint density at radius 1 is 1.19 bits per heavy atom. The first-order valence-electron chi connectivity index (χ1n) is 7.15. The molecule has 0 aromatic heterocycles. The number of carbonyl (C=O) groups excluding carboxylic acids is 1. The molecule has 0 bridgehead atoms. The van der Waals surface area contributed by atoms with Crippen molar-refractivity contribution in [2.45, 2.75) is 58.5 Å². The van der Waals surface area contributed by atoms with Gasteiger partial charge in [-0.15, -0.1) is 0 Å². The Labute approximate surface area is 129 Å². The third-order valence-electron chi connectivity index (χ3n) is 4.15. The molecule has 0 rings (SSSR count). The van der Waals surface area contributed by atoms with Gasteiger partial charge in [-0.25, -0.2) is 0 Å². The second-order valence-electron chi connectivity index (χ2n) is 7.60. The number of nitrogens with one attached hydrogen (secondary N) is 1. The monoisotopic (exact) mass is 323 g/mol. The third kappa shape index (κ3) is 7.78. The largest absolute Gasteiger partial charge is 0.351 e. The fraction of sp³-hybridized carbons (Fsp3) is 0.929. The van der Waals surface area contributed by atoms with Gasteiger partial charge in [0.05, 0.1) is 31.9 Å². The van der Waals surface area contributed by atoms with Crippen LogP contribution >= 0.6 is 0 Å². The number of rotatable bonds is 8. The van der Waals surface area contributed by atoms with Crippen molar-refractivity contribution >= 4 is 16.0 Å². The zero-order valence-electron chi connectivity index (χ0n) is 14.4. The molecule has 1 amide bonds. The number of nitrogens with zero attached hydrogens (tertiary/aromatic N) is 1. The summed E-state index contributed by atoms with van der Waals surface area (Å²) >= 11 is 0. The Kier molecular flexibility index (Phi) is 6.41. The molecule has 0 saturated heterocycles. The number of carbonyl (C=O) groups is 1. The van der Waals surface area contributed by atoms with Crippen molar-refractivity contribution in [3.05, 3.63) is 0 Å². The van der Waals surface area contributed by atoms with E-state index in [-0.39, 0.29) is 22.7 Å². The molecule has 0 radical (unpaired) electrons. The summed E-state index contributed by atoms with van der Waals surface area (Å²) in [6, 6.07) is 0. The summed E-state index contributed by atoms with van der Waals surface area (Å²) in [5.74, 6) is -0.285. The van der Waals surface area contributed by atoms with Gasteiger partial charge in [0.15, 0.2) is 0 Å². The topological polar surface area (TPSA) is 83.5 Å². The van der Waals surface area contributed by atoms with E-state index in [9.17, 15) is 13.2 Å². The van der Waals surface area contributed by atoms with Gasteiger partial charge < -0.3 is 9.80 Å². The predicted molar refractivity (Wildman–Crippen MR) is 84.6 cm³/mol. The first-order valence-corrected chi connectivity index (χ1v) is 8.76. The highest BCUT2D eigenvalue weighted by Crippen LogP contribution is 2.30. The van der Waals surface area contributed by atoms with Crippen molar-refractivity contribution in [2.24, 2.45) is 0 Å². The molecule has 21 heavy (non-hydrogen) atoms. The molecular weight excluding hydrogens is 292 g/mol. The summed E-state index contributed by atoms with van der Waals surface area (Å²) in [6.07, 6.45) is 1.15. The Balaban J connectivity index is 4.82. The summed E-state index contributed by atoms with van der Waals surface area (Å²) in [5, 5.41) is 2.94. The Bertz CT molecular complexity index is 467. The molecule has 0 heterocycles. The zero-order valence-corrected chi connectivity index (χ0v) is 15.2. The zero-order chi connectivity index (χ0) is 17.1. The van der Waals surface area contributed by atoms with Crippen LogP contribution in [0, 0.1) is 0 Å². The van der Waals surface area contributed by atoms with Gasteiger partial charge >= 0.3 is 0 Å².